The van der Waals surface area contributed by atoms with Crippen molar-refractivity contribution in [1.29, 1.82) is 0 Å². The van der Waals surface area contributed by atoms with Crippen LogP contribution in [-0.2, 0) is 0 Å². The SMILES string of the molecule is Cc1cc(=O)c(C(=O)NN)nn1-c1ccc(F)cc1F. The third-order valence-electron chi connectivity index (χ3n) is 2.59. The Bertz CT molecular complexity index is 743. The number of hydrogen-bond donors (Lipinski definition) is 2. The number of amides is 1. The molecule has 0 bridgehead atoms. The smallest absolute Gasteiger partial charge is 0.289 e. The van der Waals surface area contributed by atoms with Gasteiger partial charge in [0.25, 0.3) is 5.91 Å². The first-order valence-electron chi connectivity index (χ1n) is 5.51. The topological polar surface area (TPSA) is 90.0 Å². The summed E-state index contributed by atoms with van der Waals surface area (Å²) in [5, 5.41) is 3.75. The summed E-state index contributed by atoms with van der Waals surface area (Å²) in [5.74, 6) is 2.42. The molecule has 0 atom stereocenters. The number of hydrazine groups is 1. The standard InChI is InChI=1S/C12H10F2N4O2/c1-6-4-10(19)11(12(20)16-15)17-18(6)9-3-2-7(13)5-8(9)14/h2-5H,15H2,1H3,(H,16,20). The summed E-state index contributed by atoms with van der Waals surface area (Å²) in [6.07, 6.45) is 0. The number of halogens is 2. The molecule has 0 fully saturated rings. The Hall–Kier alpha value is -2.61. The third-order valence-corrected chi connectivity index (χ3v) is 2.59. The molecule has 6 nitrogen and oxygen atoms in total. The predicted molar refractivity (Wildman–Crippen MR) is 66.1 cm³/mol. The van der Waals surface area contributed by atoms with E-state index in [1.165, 1.54) is 6.92 Å². The van der Waals surface area contributed by atoms with E-state index in [1.807, 2.05) is 0 Å². The van der Waals surface area contributed by atoms with E-state index in [0.29, 0.717) is 6.07 Å². The van der Waals surface area contributed by atoms with E-state index in [2.05, 4.69) is 5.10 Å². The highest BCUT2D eigenvalue weighted by atomic mass is 19.1. The first kappa shape index (κ1) is 13.8. The fourth-order valence-electron chi connectivity index (χ4n) is 1.67. The summed E-state index contributed by atoms with van der Waals surface area (Å²) in [4.78, 5) is 23.0. The van der Waals surface area contributed by atoms with Gasteiger partial charge in [-0.25, -0.2) is 19.3 Å². The summed E-state index contributed by atoms with van der Waals surface area (Å²) in [6, 6.07) is 3.98. The van der Waals surface area contributed by atoms with Crippen LogP contribution in [-0.4, -0.2) is 15.7 Å². The van der Waals surface area contributed by atoms with Crippen LogP contribution in [0.15, 0.2) is 29.1 Å². The average molecular weight is 280 g/mol. The molecule has 2 rings (SSSR count). The monoisotopic (exact) mass is 280 g/mol. The fraction of sp³-hybridized carbons (Fsp3) is 0.0833. The second-order valence-electron chi connectivity index (χ2n) is 3.98. The lowest BCUT2D eigenvalue weighted by Crippen LogP contribution is -2.36. The zero-order chi connectivity index (χ0) is 14.9. The highest BCUT2D eigenvalue weighted by Crippen LogP contribution is 2.15. The summed E-state index contributed by atoms with van der Waals surface area (Å²) >= 11 is 0. The minimum atomic E-state index is -0.897. The van der Waals surface area contributed by atoms with Crippen LogP contribution in [0.5, 0.6) is 0 Å². The molecule has 0 saturated heterocycles. The molecular weight excluding hydrogens is 270 g/mol. The van der Waals surface area contributed by atoms with E-state index >= 15 is 0 Å². The van der Waals surface area contributed by atoms with Crippen LogP contribution in [0.3, 0.4) is 0 Å². The lowest BCUT2D eigenvalue weighted by Gasteiger charge is -2.11. The Morgan fingerprint density at radius 2 is 2.05 bits per heavy atom. The van der Waals surface area contributed by atoms with Crippen molar-refractivity contribution < 1.29 is 13.6 Å². The minimum absolute atomic E-state index is 0.0880. The lowest BCUT2D eigenvalue weighted by atomic mass is 10.2. The lowest BCUT2D eigenvalue weighted by molar-refractivity contribution is 0.0945. The predicted octanol–water partition coefficient (Wildman–Crippen LogP) is 0.423. The van der Waals surface area contributed by atoms with Gasteiger partial charge in [-0.2, -0.15) is 5.10 Å². The molecule has 1 amide bonds. The molecule has 0 spiro atoms. The second-order valence-corrected chi connectivity index (χ2v) is 3.98. The molecular formula is C12H10F2N4O2. The van der Waals surface area contributed by atoms with Gasteiger partial charge in [-0.1, -0.05) is 0 Å². The number of aromatic nitrogens is 2. The summed E-state index contributed by atoms with van der Waals surface area (Å²) in [7, 11) is 0. The zero-order valence-corrected chi connectivity index (χ0v) is 10.4. The molecule has 8 heteroatoms. The van der Waals surface area contributed by atoms with Crippen LogP contribution >= 0.6 is 0 Å². The molecule has 3 N–H and O–H groups in total. The number of hydrogen-bond acceptors (Lipinski definition) is 4. The summed E-state index contributed by atoms with van der Waals surface area (Å²) < 4.78 is 27.6. The van der Waals surface area contributed by atoms with Crippen LogP contribution in [0.2, 0.25) is 0 Å². The number of carbonyl (C=O) groups is 1. The Labute approximate surface area is 111 Å². The summed E-state index contributed by atoms with van der Waals surface area (Å²) in [6.45, 7) is 1.50. The Kier molecular flexibility index (Phi) is 3.57. The van der Waals surface area contributed by atoms with Crippen LogP contribution in [0.25, 0.3) is 5.69 Å². The molecule has 1 heterocycles. The quantitative estimate of drug-likeness (QED) is 0.474. The number of aryl methyl sites for hydroxylation is 1. The van der Waals surface area contributed by atoms with Crippen LogP contribution < -0.4 is 16.7 Å². The van der Waals surface area contributed by atoms with Crippen molar-refractivity contribution in [3.63, 3.8) is 0 Å². The molecule has 0 saturated carbocycles. The van der Waals surface area contributed by atoms with Gasteiger partial charge in [-0.15, -0.1) is 0 Å². The second kappa shape index (κ2) is 5.17. The van der Waals surface area contributed by atoms with Gasteiger partial charge in [-0.3, -0.25) is 15.0 Å². The van der Waals surface area contributed by atoms with Crippen LogP contribution in [0.1, 0.15) is 16.2 Å². The maximum absolute atomic E-state index is 13.7. The van der Waals surface area contributed by atoms with Gasteiger partial charge in [0.15, 0.2) is 11.5 Å². The van der Waals surface area contributed by atoms with Crippen molar-refractivity contribution >= 4 is 5.91 Å². The van der Waals surface area contributed by atoms with Crippen molar-refractivity contribution in [3.05, 3.63) is 57.5 Å². The van der Waals surface area contributed by atoms with Crippen molar-refractivity contribution in [2.75, 3.05) is 0 Å². The molecule has 2 aromatic rings. The first-order valence-corrected chi connectivity index (χ1v) is 5.51. The molecule has 0 aliphatic heterocycles. The third kappa shape index (κ3) is 2.41. The molecule has 1 aromatic heterocycles. The van der Waals surface area contributed by atoms with Crippen molar-refractivity contribution in [1.82, 2.24) is 15.2 Å². The molecule has 20 heavy (non-hydrogen) atoms. The molecule has 1 aromatic carbocycles. The van der Waals surface area contributed by atoms with Gasteiger partial charge in [0.05, 0.1) is 0 Å². The Morgan fingerprint density at radius 3 is 2.65 bits per heavy atom. The Balaban J connectivity index is 2.68. The fourth-order valence-corrected chi connectivity index (χ4v) is 1.67. The van der Waals surface area contributed by atoms with Gasteiger partial charge >= 0.3 is 0 Å². The number of nitrogens with one attached hydrogen (secondary N) is 1. The van der Waals surface area contributed by atoms with E-state index in [-0.39, 0.29) is 11.4 Å². The molecule has 0 radical (unpaired) electrons. The maximum atomic E-state index is 13.7. The van der Waals surface area contributed by atoms with Gasteiger partial charge in [-0.05, 0) is 19.1 Å². The van der Waals surface area contributed by atoms with Crippen molar-refractivity contribution in [2.45, 2.75) is 6.92 Å². The number of nitrogen functional groups attached to an aromatic ring is 1. The van der Waals surface area contributed by atoms with Gasteiger partial charge in [0.1, 0.15) is 11.5 Å². The number of carbonyl (C=O) groups excluding carboxylic acids is 1. The normalized spacial score (nSPS) is 10.4. The minimum Gasteiger partial charge on any atom is -0.289 e. The number of rotatable bonds is 2. The van der Waals surface area contributed by atoms with Crippen LogP contribution in [0, 0.1) is 18.6 Å². The number of nitrogens with zero attached hydrogens (tertiary/aromatic N) is 2. The van der Waals surface area contributed by atoms with E-state index in [1.54, 1.807) is 5.43 Å². The number of nitrogens with two attached hydrogens (primary N) is 1. The highest BCUT2D eigenvalue weighted by Gasteiger charge is 2.16. The summed E-state index contributed by atoms with van der Waals surface area (Å²) in [5.41, 5.74) is 0.840. The van der Waals surface area contributed by atoms with E-state index in [4.69, 9.17) is 5.84 Å². The van der Waals surface area contributed by atoms with Gasteiger partial charge in [0, 0.05) is 17.8 Å². The molecule has 0 aliphatic rings. The zero-order valence-electron chi connectivity index (χ0n) is 10.4. The van der Waals surface area contributed by atoms with Crippen molar-refractivity contribution in [2.24, 2.45) is 5.84 Å². The maximum Gasteiger partial charge on any atom is 0.289 e. The molecule has 0 aliphatic carbocycles. The van der Waals surface area contributed by atoms with E-state index in [0.717, 1.165) is 22.9 Å². The highest BCUT2D eigenvalue weighted by molar-refractivity contribution is 5.91. The van der Waals surface area contributed by atoms with Gasteiger partial charge < -0.3 is 0 Å². The largest absolute Gasteiger partial charge is 0.289 e. The van der Waals surface area contributed by atoms with Gasteiger partial charge in [0.2, 0.25) is 5.43 Å². The van der Waals surface area contributed by atoms with E-state index in [9.17, 15) is 18.4 Å². The average Bonchev–Trinajstić information content (AvgIpc) is 2.39. The molecule has 104 valence electrons. The number of benzene rings is 1. The van der Waals surface area contributed by atoms with E-state index < -0.39 is 28.7 Å². The van der Waals surface area contributed by atoms with Crippen LogP contribution in [0.4, 0.5) is 8.78 Å². The van der Waals surface area contributed by atoms with Crippen molar-refractivity contribution in [3.8, 4) is 5.69 Å². The first-order chi connectivity index (χ1) is 9.43. The Morgan fingerprint density at radius 1 is 1.35 bits per heavy atom. The molecule has 0 unspecified atom stereocenters.